The molecule has 0 spiro atoms. The lowest BCUT2D eigenvalue weighted by molar-refractivity contribution is 1.12. The van der Waals surface area contributed by atoms with Gasteiger partial charge in [0.25, 0.3) is 0 Å². The van der Waals surface area contributed by atoms with Crippen LogP contribution >= 0.6 is 22.6 Å². The summed E-state index contributed by atoms with van der Waals surface area (Å²) in [5, 5.41) is 5.85. The van der Waals surface area contributed by atoms with Crippen LogP contribution in [0.2, 0.25) is 0 Å². The fourth-order valence-electron chi connectivity index (χ4n) is 2.66. The number of aromatic nitrogens is 2. The molecule has 2 heterocycles. The number of benzene rings is 2. The molecular formula is C18H14IN3. The summed E-state index contributed by atoms with van der Waals surface area (Å²) in [5.41, 5.74) is 3.47. The first-order valence-electron chi connectivity index (χ1n) is 7.14. The molecule has 0 atom stereocenters. The zero-order valence-corrected chi connectivity index (χ0v) is 14.0. The van der Waals surface area contributed by atoms with Gasteiger partial charge < -0.3 is 10.3 Å². The third-order valence-electron chi connectivity index (χ3n) is 3.76. The Hall–Kier alpha value is -2.08. The summed E-state index contributed by atoms with van der Waals surface area (Å²) in [4.78, 5) is 7.91. The highest BCUT2D eigenvalue weighted by atomic mass is 127. The van der Waals surface area contributed by atoms with E-state index in [4.69, 9.17) is 0 Å². The van der Waals surface area contributed by atoms with Gasteiger partial charge in [-0.15, -0.1) is 0 Å². The number of nitrogens with one attached hydrogen (secondary N) is 2. The van der Waals surface area contributed by atoms with Gasteiger partial charge in [0.15, 0.2) is 0 Å². The number of nitrogens with zero attached hydrogens (tertiary/aromatic N) is 1. The topological polar surface area (TPSA) is 40.7 Å². The molecule has 0 amide bonds. The Bertz CT molecular complexity index is 945. The maximum absolute atomic E-state index is 4.50. The third-order valence-corrected chi connectivity index (χ3v) is 4.43. The van der Waals surface area contributed by atoms with Gasteiger partial charge in [-0.05, 0) is 52.4 Å². The average Bonchev–Trinajstić information content (AvgIpc) is 2.91. The molecule has 0 fully saturated rings. The molecule has 4 rings (SSSR count). The van der Waals surface area contributed by atoms with E-state index in [1.54, 1.807) is 0 Å². The third kappa shape index (κ3) is 2.54. The van der Waals surface area contributed by atoms with Crippen molar-refractivity contribution in [1.29, 1.82) is 0 Å². The zero-order valence-electron chi connectivity index (χ0n) is 11.8. The fourth-order valence-corrected chi connectivity index (χ4v) is 3.15. The number of H-pyrrole nitrogens is 1. The first kappa shape index (κ1) is 13.6. The molecule has 108 valence electrons. The van der Waals surface area contributed by atoms with Crippen molar-refractivity contribution in [2.45, 2.75) is 6.54 Å². The van der Waals surface area contributed by atoms with Crippen LogP contribution in [0.3, 0.4) is 0 Å². The van der Waals surface area contributed by atoms with E-state index in [0.29, 0.717) is 0 Å². The van der Waals surface area contributed by atoms with Crippen LogP contribution in [-0.4, -0.2) is 9.97 Å². The Morgan fingerprint density at radius 1 is 0.955 bits per heavy atom. The van der Waals surface area contributed by atoms with E-state index in [9.17, 15) is 0 Å². The standard InChI is InChI=1S/C18H14IN3/c19-13-6-7-16-14(8-13)15-9-18(21-11-17(15)22-16)20-10-12-4-2-1-3-5-12/h1-9,11,22H,10H2,(H,20,21). The molecule has 2 aromatic heterocycles. The zero-order chi connectivity index (χ0) is 14.9. The van der Waals surface area contributed by atoms with Crippen LogP contribution in [0.25, 0.3) is 21.8 Å². The molecule has 4 aromatic rings. The smallest absolute Gasteiger partial charge is 0.126 e. The first-order chi connectivity index (χ1) is 10.8. The fraction of sp³-hybridized carbons (Fsp3) is 0.0556. The monoisotopic (exact) mass is 399 g/mol. The van der Waals surface area contributed by atoms with Crippen LogP contribution in [0, 0.1) is 3.57 Å². The second-order valence-corrected chi connectivity index (χ2v) is 6.51. The van der Waals surface area contributed by atoms with Crippen molar-refractivity contribution in [3.8, 4) is 0 Å². The average molecular weight is 399 g/mol. The number of anilines is 1. The SMILES string of the molecule is Ic1ccc2[nH]c3cnc(NCc4ccccc4)cc3c2c1. The second kappa shape index (κ2) is 5.61. The van der Waals surface area contributed by atoms with Gasteiger partial charge in [0.1, 0.15) is 5.82 Å². The molecule has 0 unspecified atom stereocenters. The van der Waals surface area contributed by atoms with Crippen molar-refractivity contribution in [1.82, 2.24) is 9.97 Å². The lowest BCUT2D eigenvalue weighted by Crippen LogP contribution is -2.00. The maximum atomic E-state index is 4.50. The summed E-state index contributed by atoms with van der Waals surface area (Å²) < 4.78 is 1.24. The quantitative estimate of drug-likeness (QED) is 0.480. The highest BCUT2D eigenvalue weighted by Gasteiger charge is 2.06. The molecule has 0 saturated heterocycles. The molecule has 0 radical (unpaired) electrons. The summed E-state index contributed by atoms with van der Waals surface area (Å²) in [6, 6.07) is 18.9. The van der Waals surface area contributed by atoms with Crippen LogP contribution in [0.5, 0.6) is 0 Å². The summed E-state index contributed by atoms with van der Waals surface area (Å²) >= 11 is 2.35. The number of rotatable bonds is 3. The Kier molecular flexibility index (Phi) is 3.46. The van der Waals surface area contributed by atoms with E-state index in [0.717, 1.165) is 23.4 Å². The van der Waals surface area contributed by atoms with E-state index < -0.39 is 0 Å². The van der Waals surface area contributed by atoms with Gasteiger partial charge in [-0.3, -0.25) is 0 Å². The van der Waals surface area contributed by atoms with Gasteiger partial charge in [0.05, 0.1) is 11.7 Å². The summed E-state index contributed by atoms with van der Waals surface area (Å²) in [7, 11) is 0. The highest BCUT2D eigenvalue weighted by molar-refractivity contribution is 14.1. The van der Waals surface area contributed by atoms with E-state index in [1.807, 2.05) is 12.3 Å². The largest absolute Gasteiger partial charge is 0.366 e. The van der Waals surface area contributed by atoms with Crippen molar-refractivity contribution in [2.75, 3.05) is 5.32 Å². The van der Waals surface area contributed by atoms with E-state index >= 15 is 0 Å². The molecule has 22 heavy (non-hydrogen) atoms. The van der Waals surface area contributed by atoms with Crippen LogP contribution in [0.1, 0.15) is 5.56 Å². The number of aromatic amines is 1. The Morgan fingerprint density at radius 3 is 2.64 bits per heavy atom. The minimum Gasteiger partial charge on any atom is -0.366 e. The molecule has 0 bridgehead atoms. The second-order valence-electron chi connectivity index (χ2n) is 5.27. The summed E-state index contributed by atoms with van der Waals surface area (Å²) in [6.07, 6.45) is 1.90. The normalized spacial score (nSPS) is 11.1. The van der Waals surface area contributed by atoms with Crippen molar-refractivity contribution in [3.05, 3.63) is 69.9 Å². The molecule has 4 heteroatoms. The molecule has 0 aliphatic heterocycles. The van der Waals surface area contributed by atoms with Crippen molar-refractivity contribution in [3.63, 3.8) is 0 Å². The van der Waals surface area contributed by atoms with Crippen molar-refractivity contribution < 1.29 is 0 Å². The number of hydrogen-bond acceptors (Lipinski definition) is 2. The Labute approximate surface area is 141 Å². The summed E-state index contributed by atoms with van der Waals surface area (Å²) in [6.45, 7) is 0.777. The van der Waals surface area contributed by atoms with Gasteiger partial charge in [0, 0.05) is 26.4 Å². The number of pyridine rings is 1. The predicted molar refractivity (Wildman–Crippen MR) is 100 cm³/mol. The van der Waals surface area contributed by atoms with Gasteiger partial charge in [-0.1, -0.05) is 30.3 Å². The summed E-state index contributed by atoms with van der Waals surface area (Å²) in [5.74, 6) is 0.899. The number of hydrogen-bond donors (Lipinski definition) is 2. The highest BCUT2D eigenvalue weighted by Crippen LogP contribution is 2.28. The number of fused-ring (bicyclic) bond motifs is 3. The minimum atomic E-state index is 0.777. The molecule has 0 aliphatic carbocycles. The van der Waals surface area contributed by atoms with Crippen LogP contribution in [-0.2, 0) is 6.54 Å². The van der Waals surface area contributed by atoms with Gasteiger partial charge in [-0.2, -0.15) is 0 Å². The van der Waals surface area contributed by atoms with Crippen LogP contribution in [0.4, 0.5) is 5.82 Å². The Balaban J connectivity index is 1.70. The van der Waals surface area contributed by atoms with E-state index in [2.05, 4.69) is 86.4 Å². The maximum Gasteiger partial charge on any atom is 0.126 e. The minimum absolute atomic E-state index is 0.777. The molecule has 0 saturated carbocycles. The van der Waals surface area contributed by atoms with Gasteiger partial charge in [0.2, 0.25) is 0 Å². The van der Waals surface area contributed by atoms with Gasteiger partial charge in [-0.25, -0.2) is 4.98 Å². The van der Waals surface area contributed by atoms with Crippen molar-refractivity contribution in [2.24, 2.45) is 0 Å². The number of halogens is 1. The molecular weight excluding hydrogens is 385 g/mol. The Morgan fingerprint density at radius 2 is 1.77 bits per heavy atom. The molecule has 2 aromatic carbocycles. The molecule has 0 aliphatic rings. The van der Waals surface area contributed by atoms with Crippen LogP contribution < -0.4 is 5.32 Å². The van der Waals surface area contributed by atoms with Crippen LogP contribution in [0.15, 0.2) is 60.8 Å². The molecule has 2 N–H and O–H groups in total. The van der Waals surface area contributed by atoms with E-state index in [-0.39, 0.29) is 0 Å². The van der Waals surface area contributed by atoms with E-state index in [1.165, 1.54) is 19.9 Å². The van der Waals surface area contributed by atoms with Crippen molar-refractivity contribution >= 4 is 50.2 Å². The van der Waals surface area contributed by atoms with Gasteiger partial charge >= 0.3 is 0 Å². The lowest BCUT2D eigenvalue weighted by Gasteiger charge is -2.05. The first-order valence-corrected chi connectivity index (χ1v) is 8.22. The predicted octanol–water partition coefficient (Wildman–Crippen LogP) is 4.93. The molecule has 3 nitrogen and oxygen atoms in total. The lowest BCUT2D eigenvalue weighted by atomic mass is 10.2.